The molecule has 1 aliphatic heterocycles. The molecule has 1 aliphatic rings. The van der Waals surface area contributed by atoms with Crippen LogP contribution in [0.3, 0.4) is 0 Å². The van der Waals surface area contributed by atoms with Crippen LogP contribution in [-0.2, 0) is 0 Å². The van der Waals surface area contributed by atoms with E-state index in [9.17, 15) is 4.79 Å². The SMILES string of the molecule is COc1cc2cc(C(=O)N3C[C@@H](CCl)c4c3cc(OI)c3ccccc43)[nH]c2c(OC)c1OC. The number of hydrogen-bond acceptors (Lipinski definition) is 5. The predicted molar refractivity (Wildman–Crippen MR) is 142 cm³/mol. The minimum atomic E-state index is -0.167. The highest BCUT2D eigenvalue weighted by Gasteiger charge is 2.36. The first-order chi connectivity index (χ1) is 16.6. The summed E-state index contributed by atoms with van der Waals surface area (Å²) < 4.78 is 22.2. The Morgan fingerprint density at radius 1 is 1.06 bits per heavy atom. The summed E-state index contributed by atoms with van der Waals surface area (Å²) in [6.07, 6.45) is 0. The molecule has 9 heteroatoms. The summed E-state index contributed by atoms with van der Waals surface area (Å²) in [5.41, 5.74) is 2.96. The number of rotatable bonds is 6. The van der Waals surface area contributed by atoms with Crippen LogP contribution in [0.4, 0.5) is 5.69 Å². The standard InChI is InChI=1S/C25H22ClIN2O5/c1-31-20-9-13-8-17(28-22(13)24(33-3)23(20)32-2)25(30)29-12-14(11-26)21-16-7-5-4-6-15(16)19(34-27)10-18(21)29/h4-10,14,28H,11-12H2,1-3H3/t14-/m1/s1. The number of H-pyrrole nitrogens is 1. The molecule has 0 bridgehead atoms. The van der Waals surface area contributed by atoms with E-state index in [0.29, 0.717) is 46.6 Å². The number of alkyl halides is 1. The number of carbonyl (C=O) groups excluding carboxylic acids is 1. The molecule has 2 heterocycles. The zero-order valence-electron chi connectivity index (χ0n) is 18.8. The summed E-state index contributed by atoms with van der Waals surface area (Å²) in [6, 6.07) is 13.6. The van der Waals surface area contributed by atoms with Crippen LogP contribution >= 0.6 is 34.6 Å². The van der Waals surface area contributed by atoms with Crippen LogP contribution in [0.25, 0.3) is 21.7 Å². The van der Waals surface area contributed by atoms with Gasteiger partial charge in [0.1, 0.15) is 11.4 Å². The second-order valence-corrected chi connectivity index (χ2v) is 8.74. The van der Waals surface area contributed by atoms with E-state index >= 15 is 0 Å². The van der Waals surface area contributed by atoms with Gasteiger partial charge in [0, 0.05) is 35.2 Å². The van der Waals surface area contributed by atoms with Gasteiger partial charge in [0.25, 0.3) is 5.91 Å². The van der Waals surface area contributed by atoms with Crippen molar-refractivity contribution in [3.05, 3.63) is 53.7 Å². The van der Waals surface area contributed by atoms with Gasteiger partial charge in [0.15, 0.2) is 34.5 Å². The quantitative estimate of drug-likeness (QED) is 0.218. The van der Waals surface area contributed by atoms with Crippen molar-refractivity contribution in [2.24, 2.45) is 0 Å². The fourth-order valence-electron chi connectivity index (χ4n) is 4.80. The summed E-state index contributed by atoms with van der Waals surface area (Å²) in [6.45, 7) is 0.478. The first-order valence-electron chi connectivity index (χ1n) is 10.6. The maximum atomic E-state index is 13.8. The third kappa shape index (κ3) is 3.42. The van der Waals surface area contributed by atoms with Gasteiger partial charge in [0.2, 0.25) is 5.75 Å². The molecule has 176 valence electrons. The predicted octanol–water partition coefficient (Wildman–Crippen LogP) is 6.06. The molecule has 4 aromatic rings. The van der Waals surface area contributed by atoms with Crippen LogP contribution in [0.2, 0.25) is 0 Å². The number of nitrogens with zero attached hydrogens (tertiary/aromatic N) is 1. The van der Waals surface area contributed by atoms with Gasteiger partial charge in [-0.15, -0.1) is 11.6 Å². The highest BCUT2D eigenvalue weighted by atomic mass is 127. The van der Waals surface area contributed by atoms with Gasteiger partial charge in [-0.05, 0) is 23.1 Å². The number of methoxy groups -OCH3 is 3. The number of benzene rings is 3. The Kier molecular flexibility index (Phi) is 6.11. The number of aromatic nitrogens is 1. The Hall–Kier alpha value is -2.85. The molecular formula is C25H22ClIN2O5. The van der Waals surface area contributed by atoms with Crippen LogP contribution in [0, 0.1) is 0 Å². The lowest BCUT2D eigenvalue weighted by Gasteiger charge is -2.18. The Morgan fingerprint density at radius 2 is 1.79 bits per heavy atom. The second kappa shape index (κ2) is 9.07. The smallest absolute Gasteiger partial charge is 0.274 e. The molecule has 1 amide bonds. The number of ether oxygens (including phenoxy) is 3. The van der Waals surface area contributed by atoms with Gasteiger partial charge in [-0.3, -0.25) is 4.79 Å². The molecule has 1 aromatic heterocycles. The van der Waals surface area contributed by atoms with Crippen LogP contribution < -0.4 is 22.2 Å². The Labute approximate surface area is 215 Å². The van der Waals surface area contributed by atoms with Gasteiger partial charge in [0.05, 0.1) is 32.5 Å². The minimum absolute atomic E-state index is 0.00730. The van der Waals surface area contributed by atoms with Crippen molar-refractivity contribution in [3.8, 4) is 23.0 Å². The topological polar surface area (TPSA) is 73.0 Å². The molecule has 5 rings (SSSR count). The van der Waals surface area contributed by atoms with Crippen molar-refractivity contribution in [2.45, 2.75) is 5.92 Å². The van der Waals surface area contributed by atoms with Gasteiger partial charge in [-0.25, -0.2) is 0 Å². The van der Waals surface area contributed by atoms with E-state index in [1.807, 2.05) is 59.4 Å². The van der Waals surface area contributed by atoms with Crippen molar-refractivity contribution in [1.29, 1.82) is 0 Å². The molecule has 1 N–H and O–H groups in total. The van der Waals surface area contributed by atoms with E-state index in [0.717, 1.165) is 27.4 Å². The lowest BCUT2D eigenvalue weighted by atomic mass is 9.95. The maximum Gasteiger partial charge on any atom is 0.274 e. The molecule has 0 radical (unpaired) electrons. The Balaban J connectivity index is 1.65. The molecule has 34 heavy (non-hydrogen) atoms. The van der Waals surface area contributed by atoms with Crippen molar-refractivity contribution < 1.29 is 22.1 Å². The van der Waals surface area contributed by atoms with E-state index in [-0.39, 0.29) is 11.8 Å². The number of fused-ring (bicyclic) bond motifs is 4. The Morgan fingerprint density at radius 3 is 2.44 bits per heavy atom. The largest absolute Gasteiger partial charge is 0.493 e. The number of aromatic amines is 1. The van der Waals surface area contributed by atoms with Crippen LogP contribution in [-0.4, -0.2) is 44.6 Å². The summed E-state index contributed by atoms with van der Waals surface area (Å²) in [4.78, 5) is 18.8. The molecule has 0 fully saturated rings. The van der Waals surface area contributed by atoms with Crippen LogP contribution in [0.15, 0.2) is 42.5 Å². The molecular weight excluding hydrogens is 571 g/mol. The lowest BCUT2D eigenvalue weighted by molar-refractivity contribution is 0.0984. The average Bonchev–Trinajstić information content (AvgIpc) is 3.47. The summed E-state index contributed by atoms with van der Waals surface area (Å²) in [5.74, 6) is 2.41. The third-order valence-electron chi connectivity index (χ3n) is 6.29. The zero-order valence-corrected chi connectivity index (χ0v) is 21.7. The molecule has 3 aromatic carbocycles. The van der Waals surface area contributed by atoms with Crippen molar-refractivity contribution in [1.82, 2.24) is 4.98 Å². The van der Waals surface area contributed by atoms with E-state index in [4.69, 9.17) is 28.9 Å². The Bertz CT molecular complexity index is 1420. The summed E-state index contributed by atoms with van der Waals surface area (Å²) >= 11 is 8.25. The average molecular weight is 593 g/mol. The number of nitrogens with one attached hydrogen (secondary N) is 1. The zero-order chi connectivity index (χ0) is 24.0. The first-order valence-corrected chi connectivity index (χ1v) is 12.0. The second-order valence-electron chi connectivity index (χ2n) is 7.99. The molecule has 0 saturated heterocycles. The van der Waals surface area contributed by atoms with Crippen molar-refractivity contribution >= 4 is 67.9 Å². The molecule has 7 nitrogen and oxygen atoms in total. The molecule has 0 spiro atoms. The van der Waals surface area contributed by atoms with E-state index < -0.39 is 0 Å². The monoisotopic (exact) mass is 592 g/mol. The van der Waals surface area contributed by atoms with Crippen molar-refractivity contribution in [2.75, 3.05) is 38.7 Å². The highest BCUT2D eigenvalue weighted by molar-refractivity contribution is 14.1. The number of anilines is 1. The third-order valence-corrected chi connectivity index (χ3v) is 7.14. The number of hydrogen-bond donors (Lipinski definition) is 1. The number of amides is 1. The minimum Gasteiger partial charge on any atom is -0.493 e. The van der Waals surface area contributed by atoms with Gasteiger partial charge >= 0.3 is 0 Å². The summed E-state index contributed by atoms with van der Waals surface area (Å²) in [5, 5.41) is 2.82. The normalized spacial score (nSPS) is 15.0. The van der Waals surface area contributed by atoms with Crippen LogP contribution in [0.1, 0.15) is 22.0 Å². The van der Waals surface area contributed by atoms with Crippen molar-refractivity contribution in [3.63, 3.8) is 0 Å². The summed E-state index contributed by atoms with van der Waals surface area (Å²) in [7, 11) is 4.66. The lowest BCUT2D eigenvalue weighted by Crippen LogP contribution is -2.30. The van der Waals surface area contributed by atoms with E-state index in [2.05, 4.69) is 4.98 Å². The maximum absolute atomic E-state index is 13.8. The highest BCUT2D eigenvalue weighted by Crippen LogP contribution is 2.47. The molecule has 0 unspecified atom stereocenters. The number of halogens is 2. The first kappa shape index (κ1) is 22.9. The van der Waals surface area contributed by atoms with Crippen LogP contribution in [0.5, 0.6) is 23.0 Å². The fourth-order valence-corrected chi connectivity index (χ4v) is 5.42. The molecule has 0 saturated carbocycles. The van der Waals surface area contributed by atoms with E-state index in [1.54, 1.807) is 32.3 Å². The molecule has 1 atom stereocenters. The molecule has 0 aliphatic carbocycles. The van der Waals surface area contributed by atoms with Gasteiger partial charge < -0.3 is 27.2 Å². The van der Waals surface area contributed by atoms with Gasteiger partial charge in [-0.2, -0.15) is 0 Å². The van der Waals surface area contributed by atoms with Gasteiger partial charge in [-0.1, -0.05) is 24.3 Å². The fraction of sp³-hybridized carbons (Fsp3) is 0.240. The number of carbonyl (C=O) groups is 1. The van der Waals surface area contributed by atoms with E-state index in [1.165, 1.54) is 0 Å².